The number of nitrogens with one attached hydrogen (secondary N) is 4. The number of H-pyrrole nitrogens is 1. The van der Waals surface area contributed by atoms with Crippen molar-refractivity contribution in [2.75, 3.05) is 12.0 Å². The van der Waals surface area contributed by atoms with Gasteiger partial charge in [0.2, 0.25) is 23.6 Å². The monoisotopic (exact) mass is 550 g/mol. The number of aliphatic hydroxyl groups is 1. The van der Waals surface area contributed by atoms with Crippen LogP contribution in [0, 0.1) is 0 Å². The number of amides is 4. The van der Waals surface area contributed by atoms with Gasteiger partial charge in [-0.3, -0.25) is 19.2 Å². The van der Waals surface area contributed by atoms with Crippen LogP contribution in [-0.4, -0.2) is 87.1 Å². The number of rotatable bonds is 15. The van der Waals surface area contributed by atoms with Gasteiger partial charge in [0.1, 0.15) is 12.1 Å². The van der Waals surface area contributed by atoms with Gasteiger partial charge in [-0.25, -0.2) is 4.79 Å². The van der Waals surface area contributed by atoms with Gasteiger partial charge < -0.3 is 42.6 Å². The Hall–Kier alpha value is -3.62. The van der Waals surface area contributed by atoms with Crippen LogP contribution in [0.25, 0.3) is 10.9 Å². The van der Waals surface area contributed by atoms with E-state index in [1.807, 2.05) is 30.5 Å². The third-order valence-electron chi connectivity index (χ3n) is 5.79. The predicted molar refractivity (Wildman–Crippen MR) is 142 cm³/mol. The Labute approximate surface area is 223 Å². The second-order valence-corrected chi connectivity index (χ2v) is 9.80. The Morgan fingerprint density at radius 1 is 1.03 bits per heavy atom. The van der Waals surface area contributed by atoms with E-state index in [1.165, 1.54) is 11.8 Å². The van der Waals surface area contributed by atoms with Crippen LogP contribution in [0.15, 0.2) is 30.5 Å². The molecule has 0 spiro atoms. The Morgan fingerprint density at radius 2 is 1.66 bits per heavy atom. The number of carboxylic acid groups (broad SMARTS) is 1. The van der Waals surface area contributed by atoms with E-state index in [0.717, 1.165) is 17.8 Å². The summed E-state index contributed by atoms with van der Waals surface area (Å²) in [7, 11) is 0. The van der Waals surface area contributed by atoms with Gasteiger partial charge in [0.25, 0.3) is 0 Å². The van der Waals surface area contributed by atoms with Crippen molar-refractivity contribution in [1.29, 1.82) is 0 Å². The minimum absolute atomic E-state index is 0.0210. The van der Waals surface area contributed by atoms with Gasteiger partial charge in [0.05, 0.1) is 18.6 Å². The molecule has 5 atom stereocenters. The predicted octanol–water partition coefficient (Wildman–Crippen LogP) is -1.41. The molecular formula is C24H34N6O7S. The molecule has 0 aliphatic carbocycles. The maximum atomic E-state index is 13.3. The molecule has 4 amide bonds. The topological polar surface area (TPSA) is 230 Å². The van der Waals surface area contributed by atoms with Crippen molar-refractivity contribution in [3.63, 3.8) is 0 Å². The zero-order chi connectivity index (χ0) is 28.4. The molecule has 1 aromatic heterocycles. The number of aromatic nitrogens is 1. The zero-order valence-electron chi connectivity index (χ0n) is 21.1. The number of carbonyl (C=O) groups excluding carboxylic acids is 4. The van der Waals surface area contributed by atoms with Crippen LogP contribution >= 0.6 is 11.8 Å². The smallest absolute Gasteiger partial charge is 0.328 e. The van der Waals surface area contributed by atoms with Gasteiger partial charge in [0, 0.05) is 23.5 Å². The number of hydrogen-bond acceptors (Lipinski definition) is 8. The van der Waals surface area contributed by atoms with E-state index in [2.05, 4.69) is 20.9 Å². The lowest BCUT2D eigenvalue weighted by molar-refractivity contribution is -0.145. The number of aliphatic carboxylic acids is 1. The van der Waals surface area contributed by atoms with Crippen LogP contribution in [0.1, 0.15) is 25.3 Å². The highest BCUT2D eigenvalue weighted by Crippen LogP contribution is 2.19. The van der Waals surface area contributed by atoms with E-state index < -0.39 is 66.3 Å². The number of aromatic amines is 1. The standard InChI is InChI=1S/C24H34N6O7S/c1-12(31)20(24(36)37)30-23(35)18(10-19(26)32)29-22(34)17(28-21(33)15(25)7-8-38-2)9-13-11-27-16-6-4-3-5-14(13)16/h3-6,11-12,15,17-18,20,27,31H,7-10,25H2,1-2H3,(H2,26,32)(H,28,33)(H,29,34)(H,30,35)(H,36,37). The van der Waals surface area contributed by atoms with E-state index in [-0.39, 0.29) is 6.42 Å². The lowest BCUT2D eigenvalue weighted by atomic mass is 10.0. The largest absolute Gasteiger partial charge is 0.480 e. The van der Waals surface area contributed by atoms with Gasteiger partial charge >= 0.3 is 5.97 Å². The third kappa shape index (κ3) is 8.75. The number of carboxylic acids is 1. The van der Waals surface area contributed by atoms with E-state index in [4.69, 9.17) is 11.5 Å². The molecule has 0 saturated heterocycles. The Bertz CT molecular complexity index is 1150. The summed E-state index contributed by atoms with van der Waals surface area (Å²) >= 11 is 1.51. The highest BCUT2D eigenvalue weighted by atomic mass is 32.2. The molecule has 38 heavy (non-hydrogen) atoms. The number of para-hydroxylation sites is 1. The molecular weight excluding hydrogens is 516 g/mol. The van der Waals surface area contributed by atoms with Crippen molar-refractivity contribution in [1.82, 2.24) is 20.9 Å². The number of primary amides is 1. The average molecular weight is 551 g/mol. The summed E-state index contributed by atoms with van der Waals surface area (Å²) < 4.78 is 0. The molecule has 0 aliphatic rings. The normalized spacial score (nSPS) is 15.1. The van der Waals surface area contributed by atoms with Gasteiger partial charge in [-0.05, 0) is 37.0 Å². The highest BCUT2D eigenvalue weighted by Gasteiger charge is 2.33. The maximum Gasteiger partial charge on any atom is 0.328 e. The van der Waals surface area contributed by atoms with Crippen LogP contribution in [-0.2, 0) is 30.4 Å². The first-order valence-electron chi connectivity index (χ1n) is 11.8. The Balaban J connectivity index is 2.30. The van der Waals surface area contributed by atoms with Crippen LogP contribution in [0.3, 0.4) is 0 Å². The summed E-state index contributed by atoms with van der Waals surface area (Å²) in [5.74, 6) is -4.25. The molecule has 1 heterocycles. The van der Waals surface area contributed by atoms with Crippen molar-refractivity contribution in [3.05, 3.63) is 36.0 Å². The SMILES string of the molecule is CSCCC(N)C(=O)NC(Cc1c[nH]c2ccccc12)C(=O)NC(CC(N)=O)C(=O)NC(C(=O)O)C(C)O. The fourth-order valence-corrected chi connectivity index (χ4v) is 4.20. The van der Waals surface area contributed by atoms with Crippen LogP contribution in [0.2, 0.25) is 0 Å². The highest BCUT2D eigenvalue weighted by molar-refractivity contribution is 7.98. The molecule has 0 bridgehead atoms. The first kappa shape index (κ1) is 30.6. The quantitative estimate of drug-likeness (QED) is 0.130. The number of thioether (sulfide) groups is 1. The molecule has 10 N–H and O–H groups in total. The van der Waals surface area contributed by atoms with Gasteiger partial charge in [-0.15, -0.1) is 0 Å². The van der Waals surface area contributed by atoms with Gasteiger partial charge in [0.15, 0.2) is 6.04 Å². The molecule has 1 aromatic carbocycles. The lowest BCUT2D eigenvalue weighted by Gasteiger charge is -2.25. The number of benzene rings is 1. The molecule has 0 saturated carbocycles. The minimum Gasteiger partial charge on any atom is -0.480 e. The molecule has 2 rings (SSSR count). The minimum atomic E-state index is -1.69. The third-order valence-corrected chi connectivity index (χ3v) is 6.43. The fourth-order valence-electron chi connectivity index (χ4n) is 3.71. The van der Waals surface area contributed by atoms with E-state index in [0.29, 0.717) is 17.7 Å². The summed E-state index contributed by atoms with van der Waals surface area (Å²) in [5.41, 5.74) is 12.7. The molecule has 13 nitrogen and oxygen atoms in total. The lowest BCUT2D eigenvalue weighted by Crippen LogP contribution is -2.59. The number of carbonyl (C=O) groups is 5. The Kier molecular flexibility index (Phi) is 11.6. The first-order chi connectivity index (χ1) is 17.9. The molecule has 14 heteroatoms. The molecule has 2 aromatic rings. The van der Waals surface area contributed by atoms with Crippen molar-refractivity contribution in [2.24, 2.45) is 11.5 Å². The van der Waals surface area contributed by atoms with Crippen molar-refractivity contribution >= 4 is 52.3 Å². The maximum absolute atomic E-state index is 13.3. The van der Waals surface area contributed by atoms with Crippen LogP contribution < -0.4 is 27.4 Å². The molecule has 5 unspecified atom stereocenters. The van der Waals surface area contributed by atoms with Crippen molar-refractivity contribution in [3.8, 4) is 0 Å². The van der Waals surface area contributed by atoms with E-state index in [1.54, 1.807) is 6.20 Å². The van der Waals surface area contributed by atoms with Crippen LogP contribution in [0.4, 0.5) is 0 Å². The van der Waals surface area contributed by atoms with Crippen molar-refractivity contribution < 1.29 is 34.2 Å². The Morgan fingerprint density at radius 3 is 2.26 bits per heavy atom. The van der Waals surface area contributed by atoms with Gasteiger partial charge in [-0.2, -0.15) is 11.8 Å². The number of aliphatic hydroxyl groups excluding tert-OH is 1. The molecule has 0 fully saturated rings. The second kappa shape index (κ2) is 14.4. The molecule has 0 radical (unpaired) electrons. The second-order valence-electron chi connectivity index (χ2n) is 8.81. The summed E-state index contributed by atoms with van der Waals surface area (Å²) in [6.45, 7) is 1.16. The number of hydrogen-bond donors (Lipinski definition) is 8. The summed E-state index contributed by atoms with van der Waals surface area (Å²) in [6.07, 6.45) is 1.85. The zero-order valence-corrected chi connectivity index (χ0v) is 21.9. The summed E-state index contributed by atoms with van der Waals surface area (Å²) in [5, 5.41) is 26.8. The van der Waals surface area contributed by atoms with Gasteiger partial charge in [-0.1, -0.05) is 18.2 Å². The summed E-state index contributed by atoms with van der Waals surface area (Å²) in [4.78, 5) is 65.0. The van der Waals surface area contributed by atoms with Crippen LogP contribution in [0.5, 0.6) is 0 Å². The number of nitrogens with two attached hydrogens (primary N) is 2. The molecule has 208 valence electrons. The molecule has 0 aliphatic heterocycles. The van der Waals surface area contributed by atoms with E-state index in [9.17, 15) is 34.2 Å². The average Bonchev–Trinajstić information content (AvgIpc) is 3.26. The summed E-state index contributed by atoms with van der Waals surface area (Å²) in [6, 6.07) is 2.01. The fraction of sp³-hybridized carbons (Fsp3) is 0.458. The first-order valence-corrected chi connectivity index (χ1v) is 13.2. The number of fused-ring (bicyclic) bond motifs is 1. The van der Waals surface area contributed by atoms with E-state index >= 15 is 0 Å². The van der Waals surface area contributed by atoms with Crippen molar-refractivity contribution in [2.45, 2.75) is 56.5 Å².